The molecule has 1 saturated carbocycles. The van der Waals surface area contributed by atoms with Gasteiger partial charge in [-0.25, -0.2) is 0 Å². The van der Waals surface area contributed by atoms with Crippen LogP contribution in [0.25, 0.3) is 0 Å². The fraction of sp³-hybridized carbons (Fsp3) is 1.00. The maximum Gasteiger partial charge on any atom is 0.0468 e. The van der Waals surface area contributed by atoms with Crippen molar-refractivity contribution in [2.24, 2.45) is 11.8 Å². The normalized spacial score (nSPS) is 25.9. The molecule has 1 unspecified atom stereocenters. The molecular weight excluding hydrogens is 210 g/mol. The molecule has 1 aliphatic carbocycles. The molecule has 1 heterocycles. The highest BCUT2D eigenvalue weighted by Gasteiger charge is 2.22. The van der Waals surface area contributed by atoms with Gasteiger partial charge in [0.25, 0.3) is 0 Å². The first kappa shape index (κ1) is 13.4. The minimum absolute atomic E-state index is 0.751. The molecule has 0 aromatic carbocycles. The van der Waals surface area contributed by atoms with Gasteiger partial charge in [0.2, 0.25) is 0 Å². The lowest BCUT2D eigenvalue weighted by Gasteiger charge is -2.30. The topological polar surface area (TPSA) is 21.3 Å². The molecule has 0 aromatic heterocycles. The van der Waals surface area contributed by atoms with E-state index in [0.29, 0.717) is 0 Å². The van der Waals surface area contributed by atoms with Crippen LogP contribution in [0.1, 0.15) is 57.8 Å². The van der Waals surface area contributed by atoms with Crippen molar-refractivity contribution in [3.63, 3.8) is 0 Å². The maximum atomic E-state index is 5.44. The maximum absolute atomic E-state index is 5.44. The minimum Gasteiger partial charge on any atom is -0.381 e. The largest absolute Gasteiger partial charge is 0.381 e. The lowest BCUT2D eigenvalue weighted by atomic mass is 9.82. The van der Waals surface area contributed by atoms with Crippen LogP contribution in [0.3, 0.4) is 0 Å². The van der Waals surface area contributed by atoms with Crippen molar-refractivity contribution in [3.05, 3.63) is 0 Å². The van der Waals surface area contributed by atoms with Gasteiger partial charge >= 0.3 is 0 Å². The van der Waals surface area contributed by atoms with Crippen LogP contribution >= 0.6 is 0 Å². The standard InChI is InChI=1S/C15H29NO/c1-16-15(11-13-5-3-2-4-6-13)12-14-7-9-17-10-8-14/h13-16H,2-12H2,1H3. The van der Waals surface area contributed by atoms with E-state index in [0.717, 1.165) is 31.1 Å². The van der Waals surface area contributed by atoms with Gasteiger partial charge in [-0.05, 0) is 44.6 Å². The molecule has 1 N–H and O–H groups in total. The Morgan fingerprint density at radius 2 is 1.53 bits per heavy atom. The molecule has 1 saturated heterocycles. The molecule has 0 bridgehead atoms. The Kier molecular flexibility index (Phi) is 5.79. The third-order valence-electron chi connectivity index (χ3n) is 4.71. The number of hydrogen-bond acceptors (Lipinski definition) is 2. The first-order chi connectivity index (χ1) is 8.38. The summed E-state index contributed by atoms with van der Waals surface area (Å²) < 4.78 is 5.44. The fourth-order valence-corrected chi connectivity index (χ4v) is 3.54. The van der Waals surface area contributed by atoms with E-state index in [1.165, 1.54) is 57.8 Å². The van der Waals surface area contributed by atoms with Crippen molar-refractivity contribution < 1.29 is 4.74 Å². The molecule has 1 atom stereocenters. The van der Waals surface area contributed by atoms with Crippen molar-refractivity contribution in [2.45, 2.75) is 63.8 Å². The van der Waals surface area contributed by atoms with Gasteiger partial charge in [0.15, 0.2) is 0 Å². The van der Waals surface area contributed by atoms with E-state index in [1.807, 2.05) is 0 Å². The zero-order chi connectivity index (χ0) is 11.9. The summed E-state index contributed by atoms with van der Waals surface area (Å²) >= 11 is 0. The Morgan fingerprint density at radius 3 is 2.12 bits per heavy atom. The Morgan fingerprint density at radius 1 is 0.941 bits per heavy atom. The van der Waals surface area contributed by atoms with Crippen molar-refractivity contribution in [1.82, 2.24) is 5.32 Å². The summed E-state index contributed by atoms with van der Waals surface area (Å²) in [6.07, 6.45) is 12.7. The quantitative estimate of drug-likeness (QED) is 0.794. The van der Waals surface area contributed by atoms with Crippen LogP contribution in [-0.4, -0.2) is 26.3 Å². The fourth-order valence-electron chi connectivity index (χ4n) is 3.54. The molecule has 2 nitrogen and oxygen atoms in total. The lowest BCUT2D eigenvalue weighted by Crippen LogP contribution is -2.32. The molecule has 0 amide bonds. The van der Waals surface area contributed by atoms with Gasteiger partial charge in [0, 0.05) is 19.3 Å². The lowest BCUT2D eigenvalue weighted by molar-refractivity contribution is 0.0595. The van der Waals surface area contributed by atoms with Crippen LogP contribution < -0.4 is 5.32 Å². The Hall–Kier alpha value is -0.0800. The molecule has 100 valence electrons. The molecule has 0 spiro atoms. The van der Waals surface area contributed by atoms with Crippen LogP contribution in [0.2, 0.25) is 0 Å². The van der Waals surface area contributed by atoms with E-state index < -0.39 is 0 Å². The molecule has 1 aliphatic heterocycles. The van der Waals surface area contributed by atoms with E-state index in [1.54, 1.807) is 0 Å². The second-order valence-electron chi connectivity index (χ2n) is 6.02. The Labute approximate surface area is 107 Å². The van der Waals surface area contributed by atoms with Crippen molar-refractivity contribution in [3.8, 4) is 0 Å². The van der Waals surface area contributed by atoms with Gasteiger partial charge in [-0.15, -0.1) is 0 Å². The van der Waals surface area contributed by atoms with Gasteiger partial charge < -0.3 is 10.1 Å². The van der Waals surface area contributed by atoms with Gasteiger partial charge in [-0.3, -0.25) is 0 Å². The van der Waals surface area contributed by atoms with Crippen molar-refractivity contribution in [1.29, 1.82) is 0 Å². The zero-order valence-electron chi connectivity index (χ0n) is 11.4. The Balaban J connectivity index is 1.71. The first-order valence-electron chi connectivity index (χ1n) is 7.63. The number of rotatable bonds is 5. The average molecular weight is 239 g/mol. The van der Waals surface area contributed by atoms with Crippen molar-refractivity contribution >= 4 is 0 Å². The van der Waals surface area contributed by atoms with Gasteiger partial charge in [-0.1, -0.05) is 32.1 Å². The van der Waals surface area contributed by atoms with E-state index in [-0.39, 0.29) is 0 Å². The van der Waals surface area contributed by atoms with Crippen LogP contribution in [0, 0.1) is 11.8 Å². The van der Waals surface area contributed by atoms with E-state index in [2.05, 4.69) is 12.4 Å². The zero-order valence-corrected chi connectivity index (χ0v) is 11.4. The van der Waals surface area contributed by atoms with Gasteiger partial charge in [0.1, 0.15) is 0 Å². The second kappa shape index (κ2) is 7.38. The highest BCUT2D eigenvalue weighted by Crippen LogP contribution is 2.30. The number of ether oxygens (including phenoxy) is 1. The SMILES string of the molecule is CNC(CC1CCCCC1)CC1CCOCC1. The van der Waals surface area contributed by atoms with Gasteiger partial charge in [0.05, 0.1) is 0 Å². The van der Waals surface area contributed by atoms with Crippen LogP contribution in [-0.2, 0) is 4.74 Å². The van der Waals surface area contributed by atoms with Crippen LogP contribution in [0.5, 0.6) is 0 Å². The third kappa shape index (κ3) is 4.59. The predicted molar refractivity (Wildman–Crippen MR) is 72.2 cm³/mol. The molecule has 2 heteroatoms. The summed E-state index contributed by atoms with van der Waals surface area (Å²) in [4.78, 5) is 0. The smallest absolute Gasteiger partial charge is 0.0468 e. The summed E-state index contributed by atoms with van der Waals surface area (Å²) in [5, 5.41) is 3.56. The van der Waals surface area contributed by atoms with Crippen LogP contribution in [0.15, 0.2) is 0 Å². The average Bonchev–Trinajstić information content (AvgIpc) is 2.40. The predicted octanol–water partition coefficient (Wildman–Crippen LogP) is 3.36. The van der Waals surface area contributed by atoms with E-state index in [9.17, 15) is 0 Å². The van der Waals surface area contributed by atoms with Crippen molar-refractivity contribution in [2.75, 3.05) is 20.3 Å². The van der Waals surface area contributed by atoms with Gasteiger partial charge in [-0.2, -0.15) is 0 Å². The highest BCUT2D eigenvalue weighted by atomic mass is 16.5. The minimum atomic E-state index is 0.751. The van der Waals surface area contributed by atoms with Crippen LogP contribution in [0.4, 0.5) is 0 Å². The third-order valence-corrected chi connectivity index (χ3v) is 4.71. The molecule has 2 fully saturated rings. The molecule has 17 heavy (non-hydrogen) atoms. The summed E-state index contributed by atoms with van der Waals surface area (Å²) in [7, 11) is 2.15. The second-order valence-corrected chi connectivity index (χ2v) is 6.02. The first-order valence-corrected chi connectivity index (χ1v) is 7.63. The molecule has 2 aliphatic rings. The number of hydrogen-bond donors (Lipinski definition) is 1. The van der Waals surface area contributed by atoms with E-state index in [4.69, 9.17) is 4.74 Å². The molecule has 2 rings (SSSR count). The number of nitrogens with one attached hydrogen (secondary N) is 1. The van der Waals surface area contributed by atoms with E-state index >= 15 is 0 Å². The molecular formula is C15H29NO. The molecule has 0 aromatic rings. The summed E-state index contributed by atoms with van der Waals surface area (Å²) in [5.41, 5.74) is 0. The Bertz CT molecular complexity index is 175. The monoisotopic (exact) mass is 239 g/mol. The molecule has 0 radical (unpaired) electrons. The summed E-state index contributed by atoms with van der Waals surface area (Å²) in [5.74, 6) is 1.91. The highest BCUT2D eigenvalue weighted by molar-refractivity contribution is 4.77. The summed E-state index contributed by atoms with van der Waals surface area (Å²) in [6.45, 7) is 1.98. The summed E-state index contributed by atoms with van der Waals surface area (Å²) in [6, 6.07) is 0.751.